The number of hydrogen-bond acceptors (Lipinski definition) is 5. The summed E-state index contributed by atoms with van der Waals surface area (Å²) in [7, 11) is 0. The van der Waals surface area contributed by atoms with Crippen molar-refractivity contribution >= 4 is 23.2 Å². The molecule has 1 aliphatic heterocycles. The van der Waals surface area contributed by atoms with E-state index in [1.54, 1.807) is 6.20 Å². The number of imidazole rings is 1. The van der Waals surface area contributed by atoms with Gasteiger partial charge in [-0.25, -0.2) is 4.98 Å². The van der Waals surface area contributed by atoms with Gasteiger partial charge < -0.3 is 10.2 Å². The topological polar surface area (TPSA) is 74.1 Å². The number of aryl methyl sites for hydroxylation is 1. The lowest BCUT2D eigenvalue weighted by Crippen LogP contribution is -2.17. The first-order valence-corrected chi connectivity index (χ1v) is 8.21. The van der Waals surface area contributed by atoms with E-state index in [1.165, 1.54) is 11.1 Å². The second-order valence-electron chi connectivity index (χ2n) is 6.28. The van der Waals surface area contributed by atoms with E-state index in [0.717, 1.165) is 36.1 Å². The Labute approximate surface area is 144 Å². The normalized spacial score (nSPS) is 13.4. The molecule has 5 rings (SSSR count). The number of nitrogens with zero attached hydrogens (tertiary/aromatic N) is 5. The maximum atomic E-state index is 4.83. The lowest BCUT2D eigenvalue weighted by Gasteiger charge is -2.18. The van der Waals surface area contributed by atoms with Crippen LogP contribution in [0.5, 0.6) is 0 Å². The van der Waals surface area contributed by atoms with Gasteiger partial charge in [0.1, 0.15) is 11.5 Å². The van der Waals surface area contributed by atoms with Crippen molar-refractivity contribution in [1.82, 2.24) is 24.6 Å². The maximum Gasteiger partial charge on any atom is 0.216 e. The Morgan fingerprint density at radius 2 is 1.92 bits per heavy atom. The second kappa shape index (κ2) is 5.34. The first-order valence-electron chi connectivity index (χ1n) is 8.21. The van der Waals surface area contributed by atoms with Crippen LogP contribution in [0.15, 0.2) is 48.8 Å². The van der Waals surface area contributed by atoms with Gasteiger partial charge >= 0.3 is 0 Å². The molecule has 4 aromatic rings. The summed E-state index contributed by atoms with van der Waals surface area (Å²) in [6, 6.07) is 12.5. The highest BCUT2D eigenvalue weighted by atomic mass is 15.3. The van der Waals surface area contributed by atoms with Crippen molar-refractivity contribution in [2.75, 3.05) is 10.2 Å². The highest BCUT2D eigenvalue weighted by Crippen LogP contribution is 2.29. The van der Waals surface area contributed by atoms with Crippen LogP contribution in [0.3, 0.4) is 0 Å². The van der Waals surface area contributed by atoms with Crippen LogP contribution >= 0.6 is 0 Å². The zero-order chi connectivity index (χ0) is 16.8. The summed E-state index contributed by atoms with van der Waals surface area (Å²) in [5.74, 6) is 2.35. The zero-order valence-electron chi connectivity index (χ0n) is 13.8. The van der Waals surface area contributed by atoms with Crippen molar-refractivity contribution in [2.45, 2.75) is 20.0 Å². The van der Waals surface area contributed by atoms with E-state index in [1.807, 2.05) is 29.7 Å². The lowest BCUT2D eigenvalue weighted by molar-refractivity contribution is 0.851. The van der Waals surface area contributed by atoms with Gasteiger partial charge in [-0.1, -0.05) is 24.3 Å². The van der Waals surface area contributed by atoms with E-state index in [4.69, 9.17) is 4.98 Å². The van der Waals surface area contributed by atoms with Crippen LogP contribution in [0.25, 0.3) is 5.65 Å². The molecule has 0 spiro atoms. The molecule has 0 unspecified atom stereocenters. The molecule has 0 fully saturated rings. The molecule has 0 bridgehead atoms. The summed E-state index contributed by atoms with van der Waals surface area (Å²) < 4.78 is 1.93. The average Bonchev–Trinajstić information content (AvgIpc) is 3.33. The average molecular weight is 331 g/mol. The Morgan fingerprint density at radius 1 is 1.12 bits per heavy atom. The monoisotopic (exact) mass is 331 g/mol. The summed E-state index contributed by atoms with van der Waals surface area (Å²) in [6.45, 7) is 3.69. The molecule has 1 aromatic carbocycles. The van der Waals surface area contributed by atoms with E-state index in [0.29, 0.717) is 5.95 Å². The number of H-pyrrole nitrogens is 1. The van der Waals surface area contributed by atoms with E-state index in [-0.39, 0.29) is 0 Å². The molecule has 1 aliphatic rings. The molecule has 124 valence electrons. The molecule has 7 nitrogen and oxygen atoms in total. The number of fused-ring (bicyclic) bond motifs is 2. The van der Waals surface area contributed by atoms with Crippen molar-refractivity contribution in [3.8, 4) is 0 Å². The van der Waals surface area contributed by atoms with Crippen LogP contribution in [-0.4, -0.2) is 24.6 Å². The van der Waals surface area contributed by atoms with E-state index < -0.39 is 0 Å². The third-order valence-electron chi connectivity index (χ3n) is 4.49. The van der Waals surface area contributed by atoms with Crippen molar-refractivity contribution in [2.24, 2.45) is 0 Å². The van der Waals surface area contributed by atoms with Gasteiger partial charge in [-0.3, -0.25) is 9.50 Å². The smallest absolute Gasteiger partial charge is 0.216 e. The molecule has 0 atom stereocenters. The molecule has 0 saturated carbocycles. The molecule has 25 heavy (non-hydrogen) atoms. The quantitative estimate of drug-likeness (QED) is 0.604. The second-order valence-corrected chi connectivity index (χ2v) is 6.28. The van der Waals surface area contributed by atoms with Crippen molar-refractivity contribution in [3.63, 3.8) is 0 Å². The van der Waals surface area contributed by atoms with Crippen LogP contribution < -0.4 is 10.2 Å². The standard InChI is InChI=1S/C18H17N7/c1-12-8-15(23-22-12)20-18-21-17(9-16-19-6-7-25(16)18)24-10-13-4-2-3-5-14(13)11-24/h2-9H,10-11H2,1H3,(H2,20,21,22,23). The Bertz CT molecular complexity index is 1040. The van der Waals surface area contributed by atoms with Crippen LogP contribution in [0.2, 0.25) is 0 Å². The Balaban J connectivity index is 1.54. The molecule has 3 aromatic heterocycles. The fourth-order valence-corrected chi connectivity index (χ4v) is 3.25. The molecule has 0 amide bonds. The predicted molar refractivity (Wildman–Crippen MR) is 95.9 cm³/mol. The van der Waals surface area contributed by atoms with Crippen molar-refractivity contribution in [3.05, 3.63) is 65.6 Å². The van der Waals surface area contributed by atoms with Crippen molar-refractivity contribution in [1.29, 1.82) is 0 Å². The zero-order valence-corrected chi connectivity index (χ0v) is 13.8. The molecule has 4 heterocycles. The van der Waals surface area contributed by atoms with E-state index in [9.17, 15) is 0 Å². The van der Waals surface area contributed by atoms with Crippen LogP contribution in [0.1, 0.15) is 16.8 Å². The summed E-state index contributed by atoms with van der Waals surface area (Å²) >= 11 is 0. The van der Waals surface area contributed by atoms with Gasteiger partial charge in [0.25, 0.3) is 0 Å². The Kier molecular flexibility index (Phi) is 3.00. The third-order valence-corrected chi connectivity index (χ3v) is 4.49. The number of anilines is 3. The lowest BCUT2D eigenvalue weighted by atomic mass is 10.1. The molecular formula is C18H17N7. The van der Waals surface area contributed by atoms with Crippen molar-refractivity contribution < 1.29 is 0 Å². The summed E-state index contributed by atoms with van der Waals surface area (Å²) in [5, 5.41) is 10.5. The van der Waals surface area contributed by atoms with E-state index >= 15 is 0 Å². The van der Waals surface area contributed by atoms with Gasteiger partial charge in [-0.2, -0.15) is 10.1 Å². The van der Waals surface area contributed by atoms with E-state index in [2.05, 4.69) is 49.7 Å². The van der Waals surface area contributed by atoms with Crippen LogP contribution in [0, 0.1) is 6.92 Å². The Morgan fingerprint density at radius 3 is 2.64 bits per heavy atom. The Hall–Kier alpha value is -3.35. The fraction of sp³-hybridized carbons (Fsp3) is 0.167. The van der Waals surface area contributed by atoms with Gasteiger partial charge in [-0.05, 0) is 18.1 Å². The maximum absolute atomic E-state index is 4.83. The SMILES string of the molecule is Cc1cc(Nc2nc(N3Cc4ccccc4C3)cc3nccn23)n[nH]1. The molecule has 0 aliphatic carbocycles. The number of rotatable bonds is 3. The summed E-state index contributed by atoms with van der Waals surface area (Å²) in [5.41, 5.74) is 4.56. The molecule has 7 heteroatoms. The van der Waals surface area contributed by atoms with Gasteiger partial charge in [0, 0.05) is 43.3 Å². The van der Waals surface area contributed by atoms with Gasteiger partial charge in [-0.15, -0.1) is 0 Å². The van der Waals surface area contributed by atoms with Crippen LogP contribution in [-0.2, 0) is 13.1 Å². The minimum atomic E-state index is 0.701. The minimum Gasteiger partial charge on any atom is -0.348 e. The number of aromatic amines is 1. The predicted octanol–water partition coefficient (Wildman–Crippen LogP) is 3.02. The number of benzene rings is 1. The van der Waals surface area contributed by atoms with Gasteiger partial charge in [0.2, 0.25) is 5.95 Å². The highest BCUT2D eigenvalue weighted by Gasteiger charge is 2.21. The fourth-order valence-electron chi connectivity index (χ4n) is 3.25. The molecule has 0 saturated heterocycles. The van der Waals surface area contributed by atoms with Crippen LogP contribution in [0.4, 0.5) is 17.6 Å². The van der Waals surface area contributed by atoms with Gasteiger partial charge in [0.05, 0.1) is 0 Å². The highest BCUT2D eigenvalue weighted by molar-refractivity contribution is 5.61. The largest absolute Gasteiger partial charge is 0.348 e. The first-order chi connectivity index (χ1) is 12.3. The first kappa shape index (κ1) is 14.0. The number of nitrogens with one attached hydrogen (secondary N) is 2. The molecular weight excluding hydrogens is 314 g/mol. The third kappa shape index (κ3) is 2.40. The molecule has 2 N–H and O–H groups in total. The summed E-state index contributed by atoms with van der Waals surface area (Å²) in [4.78, 5) is 11.5. The summed E-state index contributed by atoms with van der Waals surface area (Å²) in [6.07, 6.45) is 3.67. The van der Waals surface area contributed by atoms with Gasteiger partial charge in [0.15, 0.2) is 5.82 Å². The molecule has 0 radical (unpaired) electrons. The minimum absolute atomic E-state index is 0.701. The number of aromatic nitrogens is 5. The number of hydrogen-bond donors (Lipinski definition) is 2.